The van der Waals surface area contributed by atoms with Crippen LogP contribution < -0.4 is 4.90 Å². The molecule has 0 amide bonds. The second-order valence-corrected chi connectivity index (χ2v) is 7.05. The molecule has 0 aliphatic carbocycles. The summed E-state index contributed by atoms with van der Waals surface area (Å²) in [6, 6.07) is 6.49. The molecule has 5 nitrogen and oxygen atoms in total. The molecule has 0 fully saturated rings. The Morgan fingerprint density at radius 1 is 1.13 bits per heavy atom. The smallest absolute Gasteiger partial charge is 0.168 e. The number of rotatable bonds is 4. The Balaban J connectivity index is 1.73. The largest absolute Gasteiger partial charge is 0.364 e. The van der Waals surface area contributed by atoms with Crippen molar-refractivity contribution >= 4 is 34.6 Å². The van der Waals surface area contributed by atoms with Gasteiger partial charge in [0, 0.05) is 42.4 Å². The SMILES string of the molecule is COCN1c2cc(Cc3nccs3)ccc2Sc2nccnc21. The molecule has 7 heteroatoms. The first kappa shape index (κ1) is 14.6. The first-order chi connectivity index (χ1) is 11.3. The summed E-state index contributed by atoms with van der Waals surface area (Å²) in [5, 5.41) is 4.03. The molecule has 3 aromatic rings. The van der Waals surface area contributed by atoms with Crippen LogP contribution in [0.5, 0.6) is 0 Å². The molecular weight excluding hydrogens is 328 g/mol. The zero-order valence-electron chi connectivity index (χ0n) is 12.5. The zero-order valence-corrected chi connectivity index (χ0v) is 14.1. The van der Waals surface area contributed by atoms with Gasteiger partial charge >= 0.3 is 0 Å². The van der Waals surface area contributed by atoms with Gasteiger partial charge in [0.25, 0.3) is 0 Å². The van der Waals surface area contributed by atoms with Gasteiger partial charge in [0.05, 0.1) is 10.7 Å². The third-order valence-corrected chi connectivity index (χ3v) is 5.35. The molecule has 0 spiro atoms. The van der Waals surface area contributed by atoms with Crippen LogP contribution >= 0.6 is 23.1 Å². The van der Waals surface area contributed by atoms with Crippen LogP contribution in [0.4, 0.5) is 11.5 Å². The molecule has 0 unspecified atom stereocenters. The molecule has 1 aliphatic heterocycles. The standard InChI is InChI=1S/C16H14N4OS2/c1-21-10-20-12-8-11(9-14-17-6-7-22-14)2-3-13(12)23-16-15(20)18-4-5-19-16/h2-8H,9-10H2,1H3. The van der Waals surface area contributed by atoms with E-state index in [-0.39, 0.29) is 0 Å². The number of hydrogen-bond acceptors (Lipinski definition) is 7. The second-order valence-electron chi connectivity index (χ2n) is 5.04. The van der Waals surface area contributed by atoms with Crippen LogP contribution in [0.3, 0.4) is 0 Å². The Morgan fingerprint density at radius 3 is 2.87 bits per heavy atom. The summed E-state index contributed by atoms with van der Waals surface area (Å²) in [6.07, 6.45) is 6.12. The summed E-state index contributed by atoms with van der Waals surface area (Å²) in [6.45, 7) is 0.444. The highest BCUT2D eigenvalue weighted by Gasteiger charge is 2.25. The maximum atomic E-state index is 5.38. The highest BCUT2D eigenvalue weighted by molar-refractivity contribution is 7.99. The van der Waals surface area contributed by atoms with Crippen LogP contribution in [0.25, 0.3) is 0 Å². The lowest BCUT2D eigenvalue weighted by Crippen LogP contribution is -2.24. The molecule has 0 radical (unpaired) electrons. The van der Waals surface area contributed by atoms with E-state index < -0.39 is 0 Å². The topological polar surface area (TPSA) is 51.1 Å². The summed E-state index contributed by atoms with van der Waals surface area (Å²) in [4.78, 5) is 16.5. The number of thiazole rings is 1. The second kappa shape index (κ2) is 6.27. The van der Waals surface area contributed by atoms with Crippen molar-refractivity contribution in [2.75, 3.05) is 18.7 Å². The minimum absolute atomic E-state index is 0.444. The number of ether oxygens (including phenoxy) is 1. The van der Waals surface area contributed by atoms with Gasteiger partial charge in [-0.3, -0.25) is 4.90 Å². The maximum Gasteiger partial charge on any atom is 0.168 e. The van der Waals surface area contributed by atoms with Crippen LogP contribution in [0.1, 0.15) is 10.6 Å². The van der Waals surface area contributed by atoms with E-state index in [2.05, 4.69) is 38.1 Å². The third-order valence-electron chi connectivity index (χ3n) is 3.52. The van der Waals surface area contributed by atoms with Gasteiger partial charge < -0.3 is 4.74 Å². The summed E-state index contributed by atoms with van der Waals surface area (Å²) in [5.74, 6) is 0.846. The van der Waals surface area contributed by atoms with Crippen molar-refractivity contribution in [2.24, 2.45) is 0 Å². The first-order valence-electron chi connectivity index (χ1n) is 7.12. The van der Waals surface area contributed by atoms with Crippen molar-refractivity contribution in [1.82, 2.24) is 15.0 Å². The lowest BCUT2D eigenvalue weighted by molar-refractivity contribution is 0.204. The molecule has 1 aliphatic rings. The maximum absolute atomic E-state index is 5.38. The van der Waals surface area contributed by atoms with Gasteiger partial charge in [-0.25, -0.2) is 15.0 Å². The van der Waals surface area contributed by atoms with Crippen LogP contribution in [0, 0.1) is 0 Å². The van der Waals surface area contributed by atoms with Crippen LogP contribution in [-0.4, -0.2) is 28.8 Å². The highest BCUT2D eigenvalue weighted by Crippen LogP contribution is 2.46. The van der Waals surface area contributed by atoms with Gasteiger partial charge in [-0.05, 0) is 17.7 Å². The van der Waals surface area contributed by atoms with E-state index in [9.17, 15) is 0 Å². The highest BCUT2D eigenvalue weighted by atomic mass is 32.2. The molecule has 1 aromatic carbocycles. The quantitative estimate of drug-likeness (QED) is 0.720. The monoisotopic (exact) mass is 342 g/mol. The first-order valence-corrected chi connectivity index (χ1v) is 8.81. The van der Waals surface area contributed by atoms with E-state index in [1.165, 1.54) is 5.56 Å². The van der Waals surface area contributed by atoms with E-state index in [1.807, 2.05) is 11.6 Å². The molecule has 0 saturated carbocycles. The van der Waals surface area contributed by atoms with Gasteiger partial charge in [-0.15, -0.1) is 11.3 Å². The number of methoxy groups -OCH3 is 1. The van der Waals surface area contributed by atoms with Crippen molar-refractivity contribution in [2.45, 2.75) is 16.3 Å². The van der Waals surface area contributed by atoms with Crippen molar-refractivity contribution in [3.8, 4) is 0 Å². The van der Waals surface area contributed by atoms with E-state index >= 15 is 0 Å². The van der Waals surface area contributed by atoms with E-state index in [0.29, 0.717) is 6.73 Å². The molecule has 23 heavy (non-hydrogen) atoms. The van der Waals surface area contributed by atoms with Gasteiger partial charge in [0.2, 0.25) is 0 Å². The van der Waals surface area contributed by atoms with Crippen LogP contribution in [-0.2, 0) is 11.2 Å². The number of aromatic nitrogens is 3. The molecule has 0 N–H and O–H groups in total. The van der Waals surface area contributed by atoms with Crippen LogP contribution in [0.15, 0.2) is 52.1 Å². The van der Waals surface area contributed by atoms with E-state index in [4.69, 9.17) is 4.74 Å². The summed E-state index contributed by atoms with van der Waals surface area (Å²) >= 11 is 3.32. The lowest BCUT2D eigenvalue weighted by Gasteiger charge is -2.30. The van der Waals surface area contributed by atoms with Gasteiger partial charge in [0.15, 0.2) is 5.82 Å². The van der Waals surface area contributed by atoms with E-state index in [1.54, 1.807) is 42.6 Å². The van der Waals surface area contributed by atoms with Crippen molar-refractivity contribution in [3.63, 3.8) is 0 Å². The summed E-state index contributed by atoms with van der Waals surface area (Å²) in [7, 11) is 1.69. The number of fused-ring (bicyclic) bond motifs is 2. The number of benzene rings is 1. The molecule has 0 bridgehead atoms. The van der Waals surface area contributed by atoms with Gasteiger partial charge in [0.1, 0.15) is 11.8 Å². The predicted octanol–water partition coefficient (Wildman–Crippen LogP) is 3.73. The molecule has 0 saturated heterocycles. The summed E-state index contributed by atoms with van der Waals surface area (Å²) < 4.78 is 5.38. The minimum atomic E-state index is 0.444. The third kappa shape index (κ3) is 2.83. The van der Waals surface area contributed by atoms with E-state index in [0.717, 1.165) is 32.9 Å². The molecule has 2 aromatic heterocycles. The Kier molecular flexibility index (Phi) is 3.99. The zero-order chi connectivity index (χ0) is 15.6. The average Bonchev–Trinajstić information content (AvgIpc) is 3.08. The van der Waals surface area contributed by atoms with Crippen molar-refractivity contribution in [1.29, 1.82) is 0 Å². The normalized spacial score (nSPS) is 12.8. The van der Waals surface area contributed by atoms with Crippen molar-refractivity contribution < 1.29 is 4.74 Å². The Morgan fingerprint density at radius 2 is 2.04 bits per heavy atom. The Labute approximate surface area is 142 Å². The van der Waals surface area contributed by atoms with Gasteiger partial charge in [-0.2, -0.15) is 0 Å². The van der Waals surface area contributed by atoms with Crippen molar-refractivity contribution in [3.05, 3.63) is 52.7 Å². The number of nitrogens with zero attached hydrogens (tertiary/aromatic N) is 4. The average molecular weight is 342 g/mol. The Hall–Kier alpha value is -1.96. The fourth-order valence-electron chi connectivity index (χ4n) is 2.54. The fourth-order valence-corrected chi connectivity index (χ4v) is 4.17. The number of hydrogen-bond donors (Lipinski definition) is 0. The number of anilines is 2. The van der Waals surface area contributed by atoms with Gasteiger partial charge in [-0.1, -0.05) is 17.8 Å². The molecule has 0 atom stereocenters. The molecule has 4 rings (SSSR count). The molecule has 3 heterocycles. The summed E-state index contributed by atoms with van der Waals surface area (Å²) in [5.41, 5.74) is 2.34. The molecular formula is C16H14N4OS2. The minimum Gasteiger partial charge on any atom is -0.364 e. The van der Waals surface area contributed by atoms with Crippen LogP contribution in [0.2, 0.25) is 0 Å². The molecule has 116 valence electrons. The predicted molar refractivity (Wildman–Crippen MR) is 91.5 cm³/mol. The fraction of sp³-hybridized carbons (Fsp3) is 0.188. The Bertz CT molecular complexity index is 823. The lowest BCUT2D eigenvalue weighted by atomic mass is 10.1.